The van der Waals surface area contributed by atoms with Crippen LogP contribution < -0.4 is 5.32 Å². The maximum absolute atomic E-state index is 11.2. The zero-order valence-electron chi connectivity index (χ0n) is 16.2. The lowest BCUT2D eigenvalue weighted by Crippen LogP contribution is -2.64. The van der Waals surface area contributed by atoms with Gasteiger partial charge in [-0.2, -0.15) is 0 Å². The van der Waals surface area contributed by atoms with Crippen LogP contribution in [0.15, 0.2) is 35.6 Å². The number of hydrogen-bond acceptors (Lipinski definition) is 4. The molecule has 1 heterocycles. The summed E-state index contributed by atoms with van der Waals surface area (Å²) >= 11 is 0. The van der Waals surface area contributed by atoms with Crippen molar-refractivity contribution in [3.05, 3.63) is 35.6 Å². The number of allylic oxidation sites excluding steroid dienone is 4. The van der Waals surface area contributed by atoms with Crippen LogP contribution in [0.25, 0.3) is 0 Å². The zero-order valence-corrected chi connectivity index (χ0v) is 16.2. The highest BCUT2D eigenvalue weighted by atomic mass is 16.1. The van der Waals surface area contributed by atoms with Gasteiger partial charge in [0.1, 0.15) is 6.29 Å². The maximum Gasteiger partial charge on any atom is 0.146 e. The van der Waals surface area contributed by atoms with Crippen molar-refractivity contribution in [1.29, 1.82) is 0 Å². The Labute approximate surface area is 153 Å². The van der Waals surface area contributed by atoms with Crippen molar-refractivity contribution in [2.45, 2.75) is 32.2 Å². The smallest absolute Gasteiger partial charge is 0.146 e. The Morgan fingerprint density at radius 1 is 1.20 bits per heavy atom. The lowest BCUT2D eigenvalue weighted by molar-refractivity contribution is -0.105. The predicted octanol–water partition coefficient (Wildman–Crippen LogP) is 2.46. The fraction of sp³-hybridized carbons (Fsp3) is 0.571. The number of likely N-dealkylation sites (N-methyl/N-ethyl adjacent to an activating group) is 1. The SMILES string of the molecule is C#C.CC(/C=C\CN(C)C1CC2(CNC2)C1)=C(\C=O)C/C=C\N(C)C. The molecule has 2 aliphatic rings. The van der Waals surface area contributed by atoms with Crippen LogP contribution in [-0.2, 0) is 4.79 Å². The molecule has 1 aliphatic carbocycles. The van der Waals surface area contributed by atoms with Crippen molar-refractivity contribution in [3.8, 4) is 12.8 Å². The van der Waals surface area contributed by atoms with Gasteiger partial charge < -0.3 is 10.2 Å². The highest BCUT2D eigenvalue weighted by molar-refractivity contribution is 5.75. The van der Waals surface area contributed by atoms with Crippen molar-refractivity contribution in [3.63, 3.8) is 0 Å². The van der Waals surface area contributed by atoms with E-state index in [1.807, 2.05) is 38.2 Å². The fourth-order valence-electron chi connectivity index (χ4n) is 3.36. The number of nitrogens with one attached hydrogen (secondary N) is 1. The summed E-state index contributed by atoms with van der Waals surface area (Å²) in [5, 5.41) is 3.38. The normalized spacial score (nSPS) is 20.0. The van der Waals surface area contributed by atoms with Gasteiger partial charge in [0.25, 0.3) is 0 Å². The van der Waals surface area contributed by atoms with Crippen LogP contribution >= 0.6 is 0 Å². The molecule has 25 heavy (non-hydrogen) atoms. The molecule has 0 bridgehead atoms. The molecule has 4 heteroatoms. The fourth-order valence-corrected chi connectivity index (χ4v) is 3.36. The molecule has 0 radical (unpaired) electrons. The van der Waals surface area contributed by atoms with E-state index in [1.165, 1.54) is 25.9 Å². The largest absolute Gasteiger partial charge is 0.384 e. The lowest BCUT2D eigenvalue weighted by Gasteiger charge is -2.56. The van der Waals surface area contributed by atoms with E-state index in [0.717, 1.165) is 30.0 Å². The molecular weight excluding hydrogens is 310 g/mol. The number of carbonyl (C=O) groups is 1. The first kappa shape index (κ1) is 21.2. The van der Waals surface area contributed by atoms with Crippen LogP contribution in [0.5, 0.6) is 0 Å². The summed E-state index contributed by atoms with van der Waals surface area (Å²) in [7, 11) is 6.16. The molecule has 1 spiro atoms. The van der Waals surface area contributed by atoms with E-state index >= 15 is 0 Å². The Balaban J connectivity index is 0.00000151. The van der Waals surface area contributed by atoms with E-state index in [0.29, 0.717) is 11.8 Å². The quantitative estimate of drug-likeness (QED) is 0.318. The molecule has 0 atom stereocenters. The number of terminal acetylenes is 1. The minimum Gasteiger partial charge on any atom is -0.384 e. The molecule has 1 saturated heterocycles. The summed E-state index contributed by atoms with van der Waals surface area (Å²) in [5.74, 6) is 0. The number of carbonyl (C=O) groups excluding carboxylic acids is 1. The molecule has 1 N–H and O–H groups in total. The van der Waals surface area contributed by atoms with E-state index < -0.39 is 0 Å². The van der Waals surface area contributed by atoms with Crippen LogP contribution in [-0.4, -0.2) is 62.9 Å². The molecule has 0 aromatic rings. The van der Waals surface area contributed by atoms with Gasteiger partial charge in [-0.1, -0.05) is 18.2 Å². The molecule has 0 unspecified atom stereocenters. The van der Waals surface area contributed by atoms with Crippen LogP contribution in [0, 0.1) is 18.3 Å². The third-order valence-corrected chi connectivity index (χ3v) is 5.11. The first-order valence-corrected chi connectivity index (χ1v) is 8.85. The molecule has 0 aromatic carbocycles. The molecule has 138 valence electrons. The first-order chi connectivity index (χ1) is 12.0. The van der Waals surface area contributed by atoms with Gasteiger partial charge in [0.2, 0.25) is 0 Å². The van der Waals surface area contributed by atoms with Gasteiger partial charge in [-0.05, 0) is 56.0 Å². The van der Waals surface area contributed by atoms with E-state index in [9.17, 15) is 4.79 Å². The highest BCUT2D eigenvalue weighted by Crippen LogP contribution is 2.46. The van der Waals surface area contributed by atoms with Gasteiger partial charge in [-0.25, -0.2) is 0 Å². The predicted molar refractivity (Wildman–Crippen MR) is 106 cm³/mol. The third kappa shape index (κ3) is 6.19. The number of nitrogens with zero attached hydrogens (tertiary/aromatic N) is 2. The van der Waals surface area contributed by atoms with E-state index in [1.54, 1.807) is 0 Å². The van der Waals surface area contributed by atoms with Gasteiger partial charge in [-0.15, -0.1) is 12.8 Å². The van der Waals surface area contributed by atoms with E-state index in [-0.39, 0.29) is 0 Å². The summed E-state index contributed by atoms with van der Waals surface area (Å²) in [6.45, 7) is 5.38. The molecule has 1 aliphatic heterocycles. The van der Waals surface area contributed by atoms with Gasteiger partial charge in [0.15, 0.2) is 0 Å². The van der Waals surface area contributed by atoms with Gasteiger partial charge in [-0.3, -0.25) is 9.69 Å². The second kappa shape index (κ2) is 10.2. The average Bonchev–Trinajstić information content (AvgIpc) is 2.50. The van der Waals surface area contributed by atoms with Crippen LogP contribution in [0.1, 0.15) is 26.2 Å². The Morgan fingerprint density at radius 3 is 2.32 bits per heavy atom. The van der Waals surface area contributed by atoms with Crippen molar-refractivity contribution >= 4 is 6.29 Å². The highest BCUT2D eigenvalue weighted by Gasteiger charge is 2.49. The lowest BCUT2D eigenvalue weighted by atomic mass is 9.61. The van der Waals surface area contributed by atoms with Gasteiger partial charge >= 0.3 is 0 Å². The van der Waals surface area contributed by atoms with Gasteiger partial charge in [0, 0.05) is 39.8 Å². The minimum atomic E-state index is 0.627. The molecule has 2 fully saturated rings. The molecular formula is C21H33N3O. The molecule has 0 amide bonds. The Bertz CT molecular complexity index is 531. The number of hydrogen-bond donors (Lipinski definition) is 1. The topological polar surface area (TPSA) is 35.6 Å². The van der Waals surface area contributed by atoms with E-state index in [2.05, 4.69) is 42.3 Å². The van der Waals surface area contributed by atoms with Crippen LogP contribution in [0.3, 0.4) is 0 Å². The number of aldehydes is 1. The third-order valence-electron chi connectivity index (χ3n) is 5.11. The molecule has 0 aromatic heterocycles. The summed E-state index contributed by atoms with van der Waals surface area (Å²) in [6.07, 6.45) is 20.6. The molecule has 4 nitrogen and oxygen atoms in total. The van der Waals surface area contributed by atoms with Gasteiger partial charge in [0.05, 0.1) is 0 Å². The standard InChI is InChI=1S/C19H31N3O.C2H2/c1-16(17(13-23)8-6-9-21(2)3)7-5-10-22(4)18-11-19(12-18)14-20-15-19;1-2/h5-7,9,13,18,20H,8,10-12,14-15H2,1-4H3;1-2H/b7-5-,9-6-,17-16+;. The van der Waals surface area contributed by atoms with Crippen molar-refractivity contribution < 1.29 is 4.79 Å². The van der Waals surface area contributed by atoms with Crippen molar-refractivity contribution in [1.82, 2.24) is 15.1 Å². The number of rotatable bonds is 8. The Morgan fingerprint density at radius 2 is 1.84 bits per heavy atom. The summed E-state index contributed by atoms with van der Waals surface area (Å²) < 4.78 is 0. The molecule has 1 saturated carbocycles. The molecule has 2 rings (SSSR count). The second-order valence-electron chi connectivity index (χ2n) is 7.39. The van der Waals surface area contributed by atoms with Crippen LogP contribution in [0.4, 0.5) is 0 Å². The van der Waals surface area contributed by atoms with Crippen molar-refractivity contribution in [2.24, 2.45) is 5.41 Å². The Hall–Kier alpha value is -1.83. The average molecular weight is 344 g/mol. The minimum absolute atomic E-state index is 0.627. The maximum atomic E-state index is 11.2. The summed E-state index contributed by atoms with van der Waals surface area (Å²) in [4.78, 5) is 15.6. The summed E-state index contributed by atoms with van der Waals surface area (Å²) in [5.41, 5.74) is 2.54. The zero-order chi connectivity index (χ0) is 18.9. The van der Waals surface area contributed by atoms with Crippen LogP contribution in [0.2, 0.25) is 0 Å². The van der Waals surface area contributed by atoms with Crippen molar-refractivity contribution in [2.75, 3.05) is 40.8 Å². The Kier molecular flexibility index (Phi) is 8.68. The second-order valence-corrected chi connectivity index (χ2v) is 7.39. The summed E-state index contributed by atoms with van der Waals surface area (Å²) in [6, 6.07) is 0.722. The van der Waals surface area contributed by atoms with E-state index in [4.69, 9.17) is 0 Å². The monoisotopic (exact) mass is 343 g/mol. The first-order valence-electron chi connectivity index (χ1n) is 8.85.